The highest BCUT2D eigenvalue weighted by Gasteiger charge is 2.38. The number of carbonyl (C=O) groups excluding carboxylic acids is 1. The third-order valence-electron chi connectivity index (χ3n) is 4.86. The van der Waals surface area contributed by atoms with E-state index in [1.807, 2.05) is 41.5 Å². The molecule has 0 aromatic heterocycles. The van der Waals surface area contributed by atoms with E-state index < -0.39 is 31.9 Å². The Kier molecular flexibility index (Phi) is 6.19. The summed E-state index contributed by atoms with van der Waals surface area (Å²) in [5, 5.41) is 9.39. The minimum absolute atomic E-state index is 0.00981. The van der Waals surface area contributed by atoms with E-state index in [0.29, 0.717) is 16.7 Å². The Hall–Kier alpha value is -2.34. The van der Waals surface area contributed by atoms with Crippen LogP contribution in [0.15, 0.2) is 47.4 Å². The first-order valence-electron chi connectivity index (χ1n) is 9.46. The highest BCUT2D eigenvalue weighted by atomic mass is 32.2. The summed E-state index contributed by atoms with van der Waals surface area (Å²) in [5.74, 6) is -0.767. The molecule has 0 heterocycles. The Morgan fingerprint density at radius 3 is 1.76 bits per heavy atom. The van der Waals surface area contributed by atoms with Crippen molar-refractivity contribution in [3.8, 4) is 5.75 Å². The average molecular weight is 419 g/mol. The van der Waals surface area contributed by atoms with Gasteiger partial charge in [-0.05, 0) is 28.5 Å². The number of esters is 1. The van der Waals surface area contributed by atoms with Gasteiger partial charge in [0.15, 0.2) is 15.1 Å². The molecule has 0 amide bonds. The molecule has 0 aliphatic heterocycles. The predicted molar refractivity (Wildman–Crippen MR) is 114 cm³/mol. The molecule has 29 heavy (non-hydrogen) atoms. The van der Waals surface area contributed by atoms with Gasteiger partial charge in [0.1, 0.15) is 5.75 Å². The summed E-state index contributed by atoms with van der Waals surface area (Å²) in [6.45, 7) is 11.4. The maximum Gasteiger partial charge on any atom is 0.329 e. The molecule has 1 N–H and O–H groups in total. The lowest BCUT2D eigenvalue weighted by molar-refractivity contribution is -0.140. The maximum atomic E-state index is 13.6. The molecule has 0 spiro atoms. The van der Waals surface area contributed by atoms with Gasteiger partial charge < -0.3 is 9.84 Å². The van der Waals surface area contributed by atoms with E-state index in [9.17, 15) is 18.3 Å². The first-order chi connectivity index (χ1) is 13.2. The monoisotopic (exact) mass is 418 g/mol. The number of phenolic OH excluding ortho intramolecular Hbond substituents is 1. The van der Waals surface area contributed by atoms with Gasteiger partial charge in [0, 0.05) is 11.1 Å². The lowest BCUT2D eigenvalue weighted by Crippen LogP contribution is -2.25. The lowest BCUT2D eigenvalue weighted by Gasteiger charge is -2.28. The molecule has 0 bridgehead atoms. The number of benzene rings is 2. The van der Waals surface area contributed by atoms with Crippen LogP contribution in [0.4, 0.5) is 0 Å². The van der Waals surface area contributed by atoms with Crippen LogP contribution in [0.1, 0.15) is 63.5 Å². The zero-order chi connectivity index (χ0) is 22.2. The van der Waals surface area contributed by atoms with Gasteiger partial charge in [0.25, 0.3) is 0 Å². The zero-order valence-electron chi connectivity index (χ0n) is 18.1. The number of hydrogen-bond acceptors (Lipinski definition) is 5. The van der Waals surface area contributed by atoms with E-state index in [4.69, 9.17) is 4.74 Å². The van der Waals surface area contributed by atoms with Crippen LogP contribution < -0.4 is 0 Å². The van der Waals surface area contributed by atoms with Crippen LogP contribution in [0.3, 0.4) is 0 Å². The number of sulfone groups is 1. The van der Waals surface area contributed by atoms with Gasteiger partial charge in [-0.1, -0.05) is 71.9 Å². The smallest absolute Gasteiger partial charge is 0.329 e. The van der Waals surface area contributed by atoms with Crippen LogP contribution in [0.5, 0.6) is 5.75 Å². The molecule has 1 atom stereocenters. The van der Waals surface area contributed by atoms with Crippen molar-refractivity contribution >= 4 is 15.8 Å². The van der Waals surface area contributed by atoms with Crippen LogP contribution in [-0.2, 0) is 30.2 Å². The number of ether oxygens (including phenoxy) is 1. The second kappa shape index (κ2) is 7.82. The molecule has 0 saturated carbocycles. The van der Waals surface area contributed by atoms with Gasteiger partial charge >= 0.3 is 5.97 Å². The average Bonchev–Trinajstić information content (AvgIpc) is 2.60. The van der Waals surface area contributed by atoms with Gasteiger partial charge in [-0.15, -0.1) is 0 Å². The minimum Gasteiger partial charge on any atom is -0.507 e. The molecule has 0 saturated heterocycles. The van der Waals surface area contributed by atoms with E-state index in [-0.39, 0.29) is 10.6 Å². The van der Waals surface area contributed by atoms with Gasteiger partial charge in [0.2, 0.25) is 0 Å². The lowest BCUT2D eigenvalue weighted by atomic mass is 9.79. The number of phenols is 1. The Morgan fingerprint density at radius 2 is 1.38 bits per heavy atom. The molecule has 2 aromatic carbocycles. The summed E-state index contributed by atoms with van der Waals surface area (Å²) < 4.78 is 32.1. The highest BCUT2D eigenvalue weighted by Crippen LogP contribution is 2.42. The first-order valence-corrected chi connectivity index (χ1v) is 11.0. The van der Waals surface area contributed by atoms with Gasteiger partial charge in [-0.2, -0.15) is 0 Å². The SMILES string of the molecule is COC(=O)C(c1ccccc1)S(=O)(=O)c1cc(C(C)(C)C)c(O)c(C(C)(C)C)c1. The van der Waals surface area contributed by atoms with E-state index in [2.05, 4.69) is 0 Å². The number of hydrogen-bond donors (Lipinski definition) is 1. The molecule has 0 radical (unpaired) electrons. The summed E-state index contributed by atoms with van der Waals surface area (Å²) in [7, 11) is -2.96. The van der Waals surface area contributed by atoms with Crippen molar-refractivity contribution in [2.24, 2.45) is 0 Å². The van der Waals surface area contributed by atoms with Crippen molar-refractivity contribution in [2.75, 3.05) is 7.11 Å². The Morgan fingerprint density at radius 1 is 0.931 bits per heavy atom. The van der Waals surface area contributed by atoms with E-state index in [1.54, 1.807) is 30.3 Å². The Bertz CT molecular complexity index is 959. The van der Waals surface area contributed by atoms with Crippen molar-refractivity contribution in [3.05, 3.63) is 59.2 Å². The summed E-state index contributed by atoms with van der Waals surface area (Å²) in [5.41, 5.74) is 0.370. The minimum atomic E-state index is -4.13. The summed E-state index contributed by atoms with van der Waals surface area (Å²) in [6, 6.07) is 11.2. The predicted octanol–water partition coefficient (Wildman–Crippen LogP) is 4.68. The van der Waals surface area contributed by atoms with Crippen molar-refractivity contribution in [2.45, 2.75) is 62.5 Å². The fraction of sp³-hybridized carbons (Fsp3) is 0.435. The molecule has 2 aromatic rings. The van der Waals surface area contributed by atoms with Gasteiger partial charge in [-0.25, -0.2) is 8.42 Å². The molecule has 158 valence electrons. The summed E-state index contributed by atoms with van der Waals surface area (Å²) >= 11 is 0. The standard InChI is InChI=1S/C23H30O5S/c1-22(2,3)17-13-16(14-18(19(17)24)23(4,5)6)29(26,27)20(21(25)28-7)15-11-9-8-10-12-15/h8-14,20,24H,1-7H3. The topological polar surface area (TPSA) is 80.7 Å². The molecule has 2 rings (SSSR count). The fourth-order valence-corrected chi connectivity index (χ4v) is 4.93. The second-order valence-electron chi connectivity index (χ2n) is 9.23. The quantitative estimate of drug-likeness (QED) is 0.730. The van der Waals surface area contributed by atoms with Crippen LogP contribution in [0, 0.1) is 0 Å². The molecule has 0 fully saturated rings. The van der Waals surface area contributed by atoms with Crippen molar-refractivity contribution in [3.63, 3.8) is 0 Å². The number of aromatic hydroxyl groups is 1. The van der Waals surface area contributed by atoms with Gasteiger partial charge in [-0.3, -0.25) is 4.79 Å². The van der Waals surface area contributed by atoms with E-state index in [1.165, 1.54) is 19.2 Å². The highest BCUT2D eigenvalue weighted by molar-refractivity contribution is 7.92. The van der Waals surface area contributed by atoms with Crippen LogP contribution in [0.2, 0.25) is 0 Å². The number of carbonyl (C=O) groups is 1. The summed E-state index contributed by atoms with van der Waals surface area (Å²) in [6.07, 6.45) is 0. The first kappa shape index (κ1) is 22.9. The van der Waals surface area contributed by atoms with E-state index >= 15 is 0 Å². The summed E-state index contributed by atoms with van der Waals surface area (Å²) in [4.78, 5) is 12.5. The molecule has 5 nitrogen and oxygen atoms in total. The molecular formula is C23H30O5S. The van der Waals surface area contributed by atoms with Crippen molar-refractivity contribution in [1.82, 2.24) is 0 Å². The molecule has 0 aliphatic rings. The van der Waals surface area contributed by atoms with Crippen molar-refractivity contribution in [1.29, 1.82) is 0 Å². The third kappa shape index (κ3) is 4.64. The molecular weight excluding hydrogens is 388 g/mol. The molecule has 1 unspecified atom stereocenters. The molecule has 0 aliphatic carbocycles. The van der Waals surface area contributed by atoms with Crippen LogP contribution in [-0.4, -0.2) is 26.6 Å². The Balaban J connectivity index is 2.84. The fourth-order valence-electron chi connectivity index (χ4n) is 3.23. The van der Waals surface area contributed by atoms with Crippen LogP contribution >= 0.6 is 0 Å². The maximum absolute atomic E-state index is 13.6. The normalized spacial score (nSPS) is 13.8. The largest absolute Gasteiger partial charge is 0.507 e. The van der Waals surface area contributed by atoms with Gasteiger partial charge in [0.05, 0.1) is 12.0 Å². The number of rotatable bonds is 4. The molecule has 6 heteroatoms. The van der Waals surface area contributed by atoms with E-state index in [0.717, 1.165) is 0 Å². The van der Waals surface area contributed by atoms with Crippen LogP contribution in [0.25, 0.3) is 0 Å². The van der Waals surface area contributed by atoms with Crippen molar-refractivity contribution < 1.29 is 23.1 Å². The number of methoxy groups -OCH3 is 1. The second-order valence-corrected chi connectivity index (χ2v) is 11.3. The third-order valence-corrected chi connectivity index (χ3v) is 6.83. The zero-order valence-corrected chi connectivity index (χ0v) is 18.9. The Labute approximate surface area is 173 Å².